The molecule has 120 valence electrons. The zero-order valence-electron chi connectivity index (χ0n) is 11.5. The predicted molar refractivity (Wildman–Crippen MR) is 66.7 cm³/mol. The highest BCUT2D eigenvalue weighted by Gasteiger charge is 2.38. The molecular formula is C13H13F3N2O4. The highest BCUT2D eigenvalue weighted by Crippen LogP contribution is 2.31. The van der Waals surface area contributed by atoms with E-state index in [9.17, 15) is 22.8 Å². The number of alkyl halides is 3. The van der Waals surface area contributed by atoms with E-state index in [4.69, 9.17) is 9.84 Å². The van der Waals surface area contributed by atoms with Crippen molar-refractivity contribution in [3.8, 4) is 0 Å². The second kappa shape index (κ2) is 5.91. The number of morpholine rings is 1. The van der Waals surface area contributed by atoms with Crippen molar-refractivity contribution in [2.45, 2.75) is 25.2 Å². The van der Waals surface area contributed by atoms with Crippen LogP contribution in [0.5, 0.6) is 0 Å². The van der Waals surface area contributed by atoms with Gasteiger partial charge >= 0.3 is 18.1 Å². The van der Waals surface area contributed by atoms with E-state index >= 15 is 0 Å². The first kappa shape index (κ1) is 16.2. The Labute approximate surface area is 123 Å². The van der Waals surface area contributed by atoms with Gasteiger partial charge in [-0.2, -0.15) is 13.2 Å². The van der Waals surface area contributed by atoms with Crippen molar-refractivity contribution in [1.82, 2.24) is 9.88 Å². The SMILES string of the molecule is CC1COCC(c2ccc(C(F)(F)F)cn2)N1C(=O)C(=O)O. The number of hydrogen-bond donors (Lipinski definition) is 1. The Balaban J connectivity index is 2.31. The van der Waals surface area contributed by atoms with Crippen molar-refractivity contribution in [3.05, 3.63) is 29.6 Å². The molecule has 9 heteroatoms. The third-order valence-electron chi connectivity index (χ3n) is 3.32. The van der Waals surface area contributed by atoms with E-state index in [-0.39, 0.29) is 18.9 Å². The average Bonchev–Trinajstić information content (AvgIpc) is 2.45. The lowest BCUT2D eigenvalue weighted by Crippen LogP contribution is -2.51. The fourth-order valence-corrected chi connectivity index (χ4v) is 2.27. The van der Waals surface area contributed by atoms with Crippen LogP contribution in [0.1, 0.15) is 24.2 Å². The lowest BCUT2D eigenvalue weighted by Gasteiger charge is -2.39. The number of aliphatic carboxylic acids is 1. The maximum atomic E-state index is 12.5. The second-order valence-electron chi connectivity index (χ2n) is 4.89. The van der Waals surface area contributed by atoms with E-state index in [2.05, 4.69) is 4.98 Å². The standard InChI is InChI=1S/C13H13F3N2O4/c1-7-5-22-6-10(18(7)11(19)12(20)21)9-3-2-8(4-17-9)13(14,15)16/h2-4,7,10H,5-6H2,1H3,(H,20,21). The Hall–Kier alpha value is -2.16. The van der Waals surface area contributed by atoms with Crippen LogP contribution in [-0.2, 0) is 20.5 Å². The molecule has 1 amide bonds. The Morgan fingerprint density at radius 2 is 2.05 bits per heavy atom. The summed E-state index contributed by atoms with van der Waals surface area (Å²) in [7, 11) is 0. The minimum atomic E-state index is -4.52. The summed E-state index contributed by atoms with van der Waals surface area (Å²) in [6.07, 6.45) is -3.86. The summed E-state index contributed by atoms with van der Waals surface area (Å²) in [5.41, 5.74) is -0.772. The van der Waals surface area contributed by atoms with Gasteiger partial charge in [-0.3, -0.25) is 9.78 Å². The molecule has 1 N–H and O–H groups in total. The number of carboxylic acid groups (broad SMARTS) is 1. The Kier molecular flexibility index (Phi) is 4.36. The number of carbonyl (C=O) groups is 2. The number of carboxylic acids is 1. The summed E-state index contributed by atoms with van der Waals surface area (Å²) in [6.45, 7) is 1.72. The molecule has 0 spiro atoms. The molecule has 2 heterocycles. The van der Waals surface area contributed by atoms with Gasteiger partial charge in [0.15, 0.2) is 0 Å². The van der Waals surface area contributed by atoms with Crippen LogP contribution < -0.4 is 0 Å². The largest absolute Gasteiger partial charge is 0.474 e. The van der Waals surface area contributed by atoms with E-state index < -0.39 is 35.7 Å². The van der Waals surface area contributed by atoms with Crippen LogP contribution in [0, 0.1) is 0 Å². The monoisotopic (exact) mass is 318 g/mol. The van der Waals surface area contributed by atoms with Gasteiger partial charge in [0.1, 0.15) is 0 Å². The van der Waals surface area contributed by atoms with Gasteiger partial charge in [-0.05, 0) is 19.1 Å². The van der Waals surface area contributed by atoms with Gasteiger partial charge in [-0.15, -0.1) is 0 Å². The molecule has 6 nitrogen and oxygen atoms in total. The van der Waals surface area contributed by atoms with Crippen molar-refractivity contribution in [3.63, 3.8) is 0 Å². The summed E-state index contributed by atoms with van der Waals surface area (Å²) in [5.74, 6) is -2.77. The third-order valence-corrected chi connectivity index (χ3v) is 3.32. The Morgan fingerprint density at radius 3 is 2.55 bits per heavy atom. The average molecular weight is 318 g/mol. The normalized spacial score (nSPS) is 22.5. The van der Waals surface area contributed by atoms with Gasteiger partial charge in [0.2, 0.25) is 0 Å². The van der Waals surface area contributed by atoms with Gasteiger partial charge in [0.25, 0.3) is 0 Å². The molecule has 0 bridgehead atoms. The molecule has 0 radical (unpaired) electrons. The molecule has 1 saturated heterocycles. The molecule has 22 heavy (non-hydrogen) atoms. The van der Waals surface area contributed by atoms with E-state index in [0.717, 1.165) is 17.0 Å². The van der Waals surface area contributed by atoms with Crippen molar-refractivity contribution in [1.29, 1.82) is 0 Å². The second-order valence-corrected chi connectivity index (χ2v) is 4.89. The number of halogens is 3. The molecule has 2 unspecified atom stereocenters. The predicted octanol–water partition coefficient (Wildman–Crippen LogP) is 1.47. The molecule has 1 aromatic heterocycles. The number of amides is 1. The highest BCUT2D eigenvalue weighted by atomic mass is 19.4. The van der Waals surface area contributed by atoms with Gasteiger partial charge < -0.3 is 14.7 Å². The van der Waals surface area contributed by atoms with E-state index in [1.54, 1.807) is 6.92 Å². The van der Waals surface area contributed by atoms with Crippen molar-refractivity contribution < 1.29 is 32.6 Å². The molecule has 1 aromatic rings. The zero-order chi connectivity index (χ0) is 16.5. The van der Waals surface area contributed by atoms with Crippen LogP contribution in [0.25, 0.3) is 0 Å². The first-order valence-electron chi connectivity index (χ1n) is 6.38. The van der Waals surface area contributed by atoms with Crippen LogP contribution >= 0.6 is 0 Å². The van der Waals surface area contributed by atoms with Crippen molar-refractivity contribution in [2.75, 3.05) is 13.2 Å². The number of rotatable bonds is 1. The zero-order valence-corrected chi connectivity index (χ0v) is 11.5. The van der Waals surface area contributed by atoms with Gasteiger partial charge in [0.05, 0.1) is 36.6 Å². The first-order chi connectivity index (χ1) is 10.2. The maximum absolute atomic E-state index is 12.5. The number of carbonyl (C=O) groups excluding carboxylic acids is 1. The first-order valence-corrected chi connectivity index (χ1v) is 6.38. The molecule has 1 aliphatic heterocycles. The van der Waals surface area contributed by atoms with Crippen molar-refractivity contribution >= 4 is 11.9 Å². The van der Waals surface area contributed by atoms with E-state index in [1.165, 1.54) is 0 Å². The van der Waals surface area contributed by atoms with Crippen LogP contribution in [-0.4, -0.2) is 46.1 Å². The molecule has 2 atom stereocenters. The number of aromatic nitrogens is 1. The lowest BCUT2D eigenvalue weighted by atomic mass is 10.1. The minimum absolute atomic E-state index is 0.0261. The topological polar surface area (TPSA) is 79.7 Å². The number of nitrogens with zero attached hydrogens (tertiary/aromatic N) is 2. The summed E-state index contributed by atoms with van der Waals surface area (Å²) < 4.78 is 42.8. The Morgan fingerprint density at radius 1 is 1.36 bits per heavy atom. The summed E-state index contributed by atoms with van der Waals surface area (Å²) in [6, 6.07) is 0.600. The van der Waals surface area contributed by atoms with E-state index in [1.807, 2.05) is 0 Å². The fraction of sp³-hybridized carbons (Fsp3) is 0.462. The summed E-state index contributed by atoms with van der Waals surface area (Å²) >= 11 is 0. The quantitative estimate of drug-likeness (QED) is 0.793. The summed E-state index contributed by atoms with van der Waals surface area (Å²) in [5, 5.41) is 8.87. The maximum Gasteiger partial charge on any atom is 0.417 e. The highest BCUT2D eigenvalue weighted by molar-refractivity contribution is 6.31. The molecule has 0 saturated carbocycles. The van der Waals surface area contributed by atoms with Crippen LogP contribution in [0.4, 0.5) is 13.2 Å². The molecule has 1 fully saturated rings. The molecule has 0 aliphatic carbocycles. The van der Waals surface area contributed by atoms with Gasteiger partial charge in [-0.25, -0.2) is 4.79 Å². The molecule has 0 aromatic carbocycles. The molecule has 1 aliphatic rings. The van der Waals surface area contributed by atoms with E-state index in [0.29, 0.717) is 6.20 Å². The number of ether oxygens (including phenoxy) is 1. The molecule has 2 rings (SSSR count). The fourth-order valence-electron chi connectivity index (χ4n) is 2.27. The van der Waals surface area contributed by atoms with Crippen LogP contribution in [0.15, 0.2) is 18.3 Å². The Bertz CT molecular complexity index is 574. The van der Waals surface area contributed by atoms with Crippen molar-refractivity contribution in [2.24, 2.45) is 0 Å². The minimum Gasteiger partial charge on any atom is -0.474 e. The summed E-state index contributed by atoms with van der Waals surface area (Å²) in [4.78, 5) is 27.5. The lowest BCUT2D eigenvalue weighted by molar-refractivity contribution is -0.164. The van der Waals surface area contributed by atoms with Crippen LogP contribution in [0.3, 0.4) is 0 Å². The molecular weight excluding hydrogens is 305 g/mol. The smallest absolute Gasteiger partial charge is 0.417 e. The van der Waals surface area contributed by atoms with Crippen LogP contribution in [0.2, 0.25) is 0 Å². The number of pyridine rings is 1. The van der Waals surface area contributed by atoms with Gasteiger partial charge in [0, 0.05) is 6.20 Å². The number of hydrogen-bond acceptors (Lipinski definition) is 4. The van der Waals surface area contributed by atoms with Gasteiger partial charge in [-0.1, -0.05) is 0 Å². The third kappa shape index (κ3) is 3.19.